The summed E-state index contributed by atoms with van der Waals surface area (Å²) in [6.45, 7) is 3.57. The summed E-state index contributed by atoms with van der Waals surface area (Å²) in [5.74, 6) is 0.967. The Kier molecular flexibility index (Phi) is 5.35. The number of hydrogen-bond acceptors (Lipinski definition) is 5. The summed E-state index contributed by atoms with van der Waals surface area (Å²) >= 11 is 1.59. The Morgan fingerprint density at radius 2 is 2.38 bits per heavy atom. The number of aromatic nitrogens is 1. The first-order valence-electron chi connectivity index (χ1n) is 8.26. The van der Waals surface area contributed by atoms with Gasteiger partial charge in [-0.15, -0.1) is 11.3 Å². The van der Waals surface area contributed by atoms with E-state index in [0.717, 1.165) is 42.3 Å². The van der Waals surface area contributed by atoms with E-state index in [1.54, 1.807) is 24.6 Å². The fourth-order valence-electron chi connectivity index (χ4n) is 3.17. The summed E-state index contributed by atoms with van der Waals surface area (Å²) in [5.41, 5.74) is 2.32. The lowest BCUT2D eigenvalue weighted by Crippen LogP contribution is -2.44. The molecule has 1 aliphatic heterocycles. The van der Waals surface area contributed by atoms with Gasteiger partial charge in [0.15, 0.2) is 5.13 Å². The van der Waals surface area contributed by atoms with E-state index in [2.05, 4.69) is 28.2 Å². The SMILES string of the molecule is COc1ccc(C)cc1CCNC(=O)[C@@H]1CCCN1c1nccs1. The number of anilines is 1. The van der Waals surface area contributed by atoms with Gasteiger partial charge in [0.25, 0.3) is 0 Å². The summed E-state index contributed by atoms with van der Waals surface area (Å²) in [6.07, 6.45) is 4.47. The minimum absolute atomic E-state index is 0.0920. The van der Waals surface area contributed by atoms with Crippen LogP contribution in [-0.2, 0) is 11.2 Å². The van der Waals surface area contributed by atoms with Crippen molar-refractivity contribution in [2.45, 2.75) is 32.2 Å². The van der Waals surface area contributed by atoms with Crippen molar-refractivity contribution in [1.82, 2.24) is 10.3 Å². The Labute approximate surface area is 146 Å². The summed E-state index contributed by atoms with van der Waals surface area (Å²) in [4.78, 5) is 19.0. The van der Waals surface area contributed by atoms with Crippen molar-refractivity contribution in [3.05, 3.63) is 40.9 Å². The van der Waals surface area contributed by atoms with Crippen LogP contribution in [0, 0.1) is 6.92 Å². The highest BCUT2D eigenvalue weighted by Crippen LogP contribution is 2.27. The van der Waals surface area contributed by atoms with E-state index in [1.807, 2.05) is 17.5 Å². The molecule has 6 heteroatoms. The number of carbonyl (C=O) groups excluding carboxylic acids is 1. The topological polar surface area (TPSA) is 54.5 Å². The molecule has 1 atom stereocenters. The molecule has 1 aromatic heterocycles. The van der Waals surface area contributed by atoms with E-state index in [9.17, 15) is 4.79 Å². The molecule has 1 N–H and O–H groups in total. The van der Waals surface area contributed by atoms with Gasteiger partial charge in [0.2, 0.25) is 5.91 Å². The molecule has 1 aromatic carbocycles. The first kappa shape index (κ1) is 16.8. The van der Waals surface area contributed by atoms with E-state index in [-0.39, 0.29) is 11.9 Å². The molecule has 0 bridgehead atoms. The van der Waals surface area contributed by atoms with Gasteiger partial charge in [-0.25, -0.2) is 4.98 Å². The normalized spacial score (nSPS) is 17.1. The molecule has 2 aromatic rings. The number of nitrogens with one attached hydrogen (secondary N) is 1. The van der Waals surface area contributed by atoms with E-state index >= 15 is 0 Å². The molecule has 1 fully saturated rings. The largest absolute Gasteiger partial charge is 0.496 e. The number of nitrogens with zero attached hydrogens (tertiary/aromatic N) is 2. The molecular formula is C18H23N3O2S. The molecule has 0 saturated carbocycles. The molecule has 0 radical (unpaired) electrons. The summed E-state index contributed by atoms with van der Waals surface area (Å²) in [5, 5.41) is 5.97. The smallest absolute Gasteiger partial charge is 0.242 e. The first-order chi connectivity index (χ1) is 11.7. The number of carbonyl (C=O) groups is 1. The predicted octanol–water partition coefficient (Wildman–Crippen LogP) is 2.79. The van der Waals surface area contributed by atoms with Crippen LogP contribution in [0.1, 0.15) is 24.0 Å². The van der Waals surface area contributed by atoms with E-state index in [0.29, 0.717) is 6.54 Å². The van der Waals surface area contributed by atoms with Crippen molar-refractivity contribution < 1.29 is 9.53 Å². The lowest BCUT2D eigenvalue weighted by Gasteiger charge is -2.23. The number of aryl methyl sites for hydroxylation is 1. The highest BCUT2D eigenvalue weighted by molar-refractivity contribution is 7.13. The monoisotopic (exact) mass is 345 g/mol. The van der Waals surface area contributed by atoms with Crippen molar-refractivity contribution in [1.29, 1.82) is 0 Å². The Balaban J connectivity index is 1.57. The quantitative estimate of drug-likeness (QED) is 0.875. The summed E-state index contributed by atoms with van der Waals surface area (Å²) < 4.78 is 5.40. The van der Waals surface area contributed by atoms with Crippen LogP contribution in [0.15, 0.2) is 29.8 Å². The maximum atomic E-state index is 12.6. The Hall–Kier alpha value is -2.08. The molecule has 0 aliphatic carbocycles. The molecule has 2 heterocycles. The van der Waals surface area contributed by atoms with Crippen LogP contribution in [0.5, 0.6) is 5.75 Å². The highest BCUT2D eigenvalue weighted by atomic mass is 32.1. The van der Waals surface area contributed by atoms with Gasteiger partial charge in [-0.05, 0) is 37.8 Å². The van der Waals surface area contributed by atoms with Crippen molar-refractivity contribution >= 4 is 22.4 Å². The highest BCUT2D eigenvalue weighted by Gasteiger charge is 2.31. The maximum absolute atomic E-state index is 12.6. The molecule has 0 spiro atoms. The van der Waals surface area contributed by atoms with Crippen molar-refractivity contribution in [2.24, 2.45) is 0 Å². The second-order valence-electron chi connectivity index (χ2n) is 6.02. The molecule has 3 rings (SSSR count). The van der Waals surface area contributed by atoms with Crippen LogP contribution in [0.2, 0.25) is 0 Å². The third kappa shape index (κ3) is 3.70. The lowest BCUT2D eigenvalue weighted by atomic mass is 10.1. The minimum Gasteiger partial charge on any atom is -0.496 e. The number of ether oxygens (including phenoxy) is 1. The molecular weight excluding hydrogens is 322 g/mol. The zero-order valence-electron chi connectivity index (χ0n) is 14.1. The average Bonchev–Trinajstić information content (AvgIpc) is 3.26. The molecule has 1 aliphatic rings. The minimum atomic E-state index is -0.101. The van der Waals surface area contributed by atoms with Gasteiger partial charge in [-0.1, -0.05) is 17.7 Å². The zero-order valence-corrected chi connectivity index (χ0v) is 14.9. The second-order valence-corrected chi connectivity index (χ2v) is 6.90. The summed E-state index contributed by atoms with van der Waals surface area (Å²) in [6, 6.07) is 6.03. The van der Waals surface area contributed by atoms with Gasteiger partial charge < -0.3 is 15.0 Å². The van der Waals surface area contributed by atoms with E-state index < -0.39 is 0 Å². The number of thiazole rings is 1. The Morgan fingerprint density at radius 3 is 3.12 bits per heavy atom. The van der Waals surface area contributed by atoms with Gasteiger partial charge >= 0.3 is 0 Å². The predicted molar refractivity (Wildman–Crippen MR) is 96.9 cm³/mol. The molecule has 128 valence electrons. The number of amides is 1. The molecule has 24 heavy (non-hydrogen) atoms. The molecule has 1 saturated heterocycles. The van der Waals surface area contributed by atoms with Crippen molar-refractivity contribution in [3.8, 4) is 5.75 Å². The van der Waals surface area contributed by atoms with Gasteiger partial charge in [0.05, 0.1) is 7.11 Å². The van der Waals surface area contributed by atoms with Crippen LogP contribution in [0.25, 0.3) is 0 Å². The third-order valence-electron chi connectivity index (χ3n) is 4.35. The van der Waals surface area contributed by atoms with E-state index in [4.69, 9.17) is 4.74 Å². The van der Waals surface area contributed by atoms with Gasteiger partial charge in [-0.3, -0.25) is 4.79 Å². The zero-order chi connectivity index (χ0) is 16.9. The van der Waals surface area contributed by atoms with Crippen LogP contribution in [0.4, 0.5) is 5.13 Å². The fourth-order valence-corrected chi connectivity index (χ4v) is 3.89. The van der Waals surface area contributed by atoms with Crippen LogP contribution < -0.4 is 15.0 Å². The molecule has 5 nitrogen and oxygen atoms in total. The number of hydrogen-bond donors (Lipinski definition) is 1. The second kappa shape index (κ2) is 7.66. The van der Waals surface area contributed by atoms with E-state index in [1.165, 1.54) is 5.56 Å². The van der Waals surface area contributed by atoms with Crippen LogP contribution in [0.3, 0.4) is 0 Å². The Morgan fingerprint density at radius 1 is 1.50 bits per heavy atom. The Bertz CT molecular complexity index is 688. The van der Waals surface area contributed by atoms with Crippen molar-refractivity contribution in [2.75, 3.05) is 25.1 Å². The number of rotatable bonds is 6. The van der Waals surface area contributed by atoms with Crippen LogP contribution in [-0.4, -0.2) is 37.1 Å². The van der Waals surface area contributed by atoms with Gasteiger partial charge in [0, 0.05) is 24.7 Å². The molecule has 0 unspecified atom stereocenters. The summed E-state index contributed by atoms with van der Waals surface area (Å²) in [7, 11) is 1.68. The maximum Gasteiger partial charge on any atom is 0.242 e. The number of benzene rings is 1. The molecule has 1 amide bonds. The average molecular weight is 345 g/mol. The van der Waals surface area contributed by atoms with Gasteiger partial charge in [0.1, 0.15) is 11.8 Å². The third-order valence-corrected chi connectivity index (χ3v) is 5.16. The standard InChI is InChI=1S/C18H23N3O2S/c1-13-5-6-16(23-2)14(12-13)7-8-19-17(22)15-4-3-10-21(15)18-20-9-11-24-18/h5-6,9,11-12,15H,3-4,7-8,10H2,1-2H3,(H,19,22)/t15-/m0/s1. The van der Waals surface area contributed by atoms with Gasteiger partial charge in [-0.2, -0.15) is 0 Å². The lowest BCUT2D eigenvalue weighted by molar-refractivity contribution is -0.122. The van der Waals surface area contributed by atoms with Crippen molar-refractivity contribution in [3.63, 3.8) is 0 Å². The first-order valence-corrected chi connectivity index (χ1v) is 9.14. The van der Waals surface area contributed by atoms with Crippen LogP contribution >= 0.6 is 11.3 Å². The fraction of sp³-hybridized carbons (Fsp3) is 0.444. The number of methoxy groups -OCH3 is 1.